The van der Waals surface area contributed by atoms with E-state index in [0.29, 0.717) is 6.61 Å². The van der Waals surface area contributed by atoms with Gasteiger partial charge >= 0.3 is 0 Å². The lowest BCUT2D eigenvalue weighted by Gasteiger charge is -2.16. The van der Waals surface area contributed by atoms with Crippen LogP contribution in [0.3, 0.4) is 0 Å². The van der Waals surface area contributed by atoms with Gasteiger partial charge in [-0.3, -0.25) is 5.10 Å². The molecule has 1 aromatic carbocycles. The molecule has 0 saturated heterocycles. The Hall–Kier alpha value is -2.01. The second-order valence-corrected chi connectivity index (χ2v) is 5.38. The van der Waals surface area contributed by atoms with Gasteiger partial charge in [-0.15, -0.1) is 0 Å². The summed E-state index contributed by atoms with van der Waals surface area (Å²) >= 11 is 0. The van der Waals surface area contributed by atoms with Gasteiger partial charge in [0.05, 0.1) is 19.4 Å². The minimum atomic E-state index is 0.233. The molecule has 0 aliphatic carbocycles. The molecule has 5 nitrogen and oxygen atoms in total. The van der Waals surface area contributed by atoms with E-state index in [-0.39, 0.29) is 6.04 Å². The number of nitrogens with zero attached hydrogens (tertiary/aromatic N) is 1. The summed E-state index contributed by atoms with van der Waals surface area (Å²) in [6, 6.07) is 6.39. The number of ether oxygens (including phenoxy) is 2. The van der Waals surface area contributed by atoms with Crippen LogP contribution in [0.5, 0.6) is 11.5 Å². The van der Waals surface area contributed by atoms with E-state index < -0.39 is 0 Å². The molecule has 1 aliphatic heterocycles. The molecular weight excluding hydrogens is 266 g/mol. The fraction of sp³-hybridized carbons (Fsp3) is 0.438. The molecule has 0 radical (unpaired) electrons. The van der Waals surface area contributed by atoms with E-state index >= 15 is 0 Å². The predicted molar refractivity (Wildman–Crippen MR) is 80.6 cm³/mol. The maximum Gasteiger partial charge on any atom is 0.161 e. The van der Waals surface area contributed by atoms with E-state index in [1.807, 2.05) is 19.2 Å². The van der Waals surface area contributed by atoms with Crippen molar-refractivity contribution in [2.45, 2.75) is 32.9 Å². The first-order valence-electron chi connectivity index (χ1n) is 7.36. The minimum absolute atomic E-state index is 0.233. The number of rotatable bonds is 4. The Morgan fingerprint density at radius 3 is 2.86 bits per heavy atom. The molecule has 0 fully saturated rings. The van der Waals surface area contributed by atoms with Crippen LogP contribution in [-0.4, -0.2) is 23.4 Å². The number of hydrogen-bond acceptors (Lipinski definition) is 4. The summed E-state index contributed by atoms with van der Waals surface area (Å²) in [7, 11) is 0. The van der Waals surface area contributed by atoms with Crippen LogP contribution in [0, 0.1) is 6.92 Å². The fourth-order valence-corrected chi connectivity index (χ4v) is 2.38. The van der Waals surface area contributed by atoms with E-state index in [0.717, 1.165) is 36.8 Å². The third-order valence-electron chi connectivity index (χ3n) is 3.80. The highest BCUT2D eigenvalue weighted by molar-refractivity contribution is 5.44. The molecule has 1 aromatic heterocycles. The summed E-state index contributed by atoms with van der Waals surface area (Å²) < 4.78 is 11.4. The molecule has 0 amide bonds. The lowest BCUT2D eigenvalue weighted by atomic mass is 10.1. The van der Waals surface area contributed by atoms with Gasteiger partial charge in [-0.1, -0.05) is 6.07 Å². The Morgan fingerprint density at radius 1 is 1.29 bits per heavy atom. The standard InChI is InChI=1S/C16H21N3O2/c1-11(17-9-14-10-18-19-12(14)2)13-4-5-15-16(8-13)21-7-3-6-20-15/h4-5,8,10-11,17H,3,6-7,9H2,1-2H3,(H,18,19). The first-order valence-corrected chi connectivity index (χ1v) is 7.36. The van der Waals surface area contributed by atoms with Crippen molar-refractivity contribution in [3.63, 3.8) is 0 Å². The summed E-state index contributed by atoms with van der Waals surface area (Å²) in [5.41, 5.74) is 3.49. The maximum absolute atomic E-state index is 5.74. The highest BCUT2D eigenvalue weighted by Gasteiger charge is 2.13. The largest absolute Gasteiger partial charge is 0.490 e. The van der Waals surface area contributed by atoms with Crippen LogP contribution >= 0.6 is 0 Å². The molecular formula is C16H21N3O2. The number of benzene rings is 1. The van der Waals surface area contributed by atoms with Gasteiger partial charge in [0.2, 0.25) is 0 Å². The Balaban J connectivity index is 1.68. The van der Waals surface area contributed by atoms with Crippen LogP contribution in [-0.2, 0) is 6.54 Å². The molecule has 1 unspecified atom stereocenters. The SMILES string of the molecule is Cc1[nH]ncc1CNC(C)c1ccc2c(c1)OCCCO2. The third-order valence-corrected chi connectivity index (χ3v) is 3.80. The lowest BCUT2D eigenvalue weighted by molar-refractivity contribution is 0.297. The number of hydrogen-bond donors (Lipinski definition) is 2. The molecule has 2 heterocycles. The molecule has 1 atom stereocenters. The lowest BCUT2D eigenvalue weighted by Crippen LogP contribution is -2.18. The van der Waals surface area contributed by atoms with Crippen molar-refractivity contribution in [2.24, 2.45) is 0 Å². The van der Waals surface area contributed by atoms with Gasteiger partial charge in [0.1, 0.15) is 0 Å². The summed E-state index contributed by atoms with van der Waals surface area (Å²) in [5, 5.41) is 10.5. The van der Waals surface area contributed by atoms with Gasteiger partial charge in [-0.05, 0) is 31.5 Å². The number of nitrogens with one attached hydrogen (secondary N) is 2. The molecule has 1 aliphatic rings. The maximum atomic E-state index is 5.74. The average molecular weight is 287 g/mol. The first-order chi connectivity index (χ1) is 10.2. The van der Waals surface area contributed by atoms with Crippen molar-refractivity contribution in [1.29, 1.82) is 0 Å². The van der Waals surface area contributed by atoms with E-state index in [4.69, 9.17) is 9.47 Å². The number of aryl methyl sites for hydroxylation is 1. The Bertz CT molecular complexity index is 609. The van der Waals surface area contributed by atoms with Crippen LogP contribution in [0.2, 0.25) is 0 Å². The summed E-state index contributed by atoms with van der Waals surface area (Å²) in [5.74, 6) is 1.69. The van der Waals surface area contributed by atoms with Crippen molar-refractivity contribution in [3.05, 3.63) is 41.2 Å². The van der Waals surface area contributed by atoms with Gasteiger partial charge in [-0.25, -0.2) is 0 Å². The third kappa shape index (κ3) is 3.19. The number of aromatic nitrogens is 2. The van der Waals surface area contributed by atoms with Gasteiger partial charge in [0.25, 0.3) is 0 Å². The zero-order valence-corrected chi connectivity index (χ0v) is 12.5. The normalized spacial score (nSPS) is 15.5. The summed E-state index contributed by atoms with van der Waals surface area (Å²) in [6.45, 7) is 6.40. The van der Waals surface area contributed by atoms with Gasteiger partial charge in [-0.2, -0.15) is 5.10 Å². The van der Waals surface area contributed by atoms with Crippen LogP contribution in [0.15, 0.2) is 24.4 Å². The Kier molecular flexibility index (Phi) is 4.10. The second-order valence-electron chi connectivity index (χ2n) is 5.38. The van der Waals surface area contributed by atoms with Gasteiger partial charge in [0.15, 0.2) is 11.5 Å². The fourth-order valence-electron chi connectivity index (χ4n) is 2.38. The average Bonchev–Trinajstić information content (AvgIpc) is 2.76. The van der Waals surface area contributed by atoms with E-state index in [1.54, 1.807) is 0 Å². The molecule has 3 rings (SSSR count). The highest BCUT2D eigenvalue weighted by atomic mass is 16.5. The molecule has 0 bridgehead atoms. The highest BCUT2D eigenvalue weighted by Crippen LogP contribution is 2.32. The van der Waals surface area contributed by atoms with Crippen LogP contribution in [0.1, 0.15) is 36.2 Å². The molecule has 112 valence electrons. The van der Waals surface area contributed by atoms with Crippen molar-refractivity contribution in [2.75, 3.05) is 13.2 Å². The summed E-state index contributed by atoms with van der Waals surface area (Å²) in [4.78, 5) is 0. The zero-order valence-electron chi connectivity index (χ0n) is 12.5. The number of aromatic amines is 1. The smallest absolute Gasteiger partial charge is 0.161 e. The van der Waals surface area contributed by atoms with E-state index in [1.165, 1.54) is 11.1 Å². The Labute approximate surface area is 124 Å². The number of fused-ring (bicyclic) bond motifs is 1. The minimum Gasteiger partial charge on any atom is -0.490 e. The quantitative estimate of drug-likeness (QED) is 0.907. The number of H-pyrrole nitrogens is 1. The van der Waals surface area contributed by atoms with Crippen molar-refractivity contribution >= 4 is 0 Å². The van der Waals surface area contributed by atoms with Crippen molar-refractivity contribution in [3.8, 4) is 11.5 Å². The molecule has 2 N–H and O–H groups in total. The van der Waals surface area contributed by atoms with Crippen molar-refractivity contribution in [1.82, 2.24) is 15.5 Å². The zero-order chi connectivity index (χ0) is 14.7. The molecule has 0 saturated carbocycles. The monoisotopic (exact) mass is 287 g/mol. The Morgan fingerprint density at radius 2 is 2.10 bits per heavy atom. The van der Waals surface area contributed by atoms with Crippen LogP contribution in [0.25, 0.3) is 0 Å². The molecule has 5 heteroatoms. The predicted octanol–water partition coefficient (Wildman–Crippen LogP) is 2.73. The van der Waals surface area contributed by atoms with Crippen molar-refractivity contribution < 1.29 is 9.47 Å². The molecule has 0 spiro atoms. The van der Waals surface area contributed by atoms with Crippen LogP contribution < -0.4 is 14.8 Å². The van der Waals surface area contributed by atoms with Gasteiger partial charge < -0.3 is 14.8 Å². The summed E-state index contributed by atoms with van der Waals surface area (Å²) in [6.07, 6.45) is 2.79. The van der Waals surface area contributed by atoms with Crippen LogP contribution in [0.4, 0.5) is 0 Å². The second kappa shape index (κ2) is 6.18. The van der Waals surface area contributed by atoms with E-state index in [2.05, 4.69) is 34.6 Å². The molecule has 2 aromatic rings. The molecule has 21 heavy (non-hydrogen) atoms. The van der Waals surface area contributed by atoms with Gasteiger partial charge in [0, 0.05) is 30.3 Å². The topological polar surface area (TPSA) is 59.2 Å². The first kappa shape index (κ1) is 13.9. The van der Waals surface area contributed by atoms with E-state index in [9.17, 15) is 0 Å².